The molecule has 104 valence electrons. The third kappa shape index (κ3) is 1.88. The third-order valence-corrected chi connectivity index (χ3v) is 6.05. The molecule has 3 rings (SSSR count). The maximum atomic E-state index is 12.6. The fourth-order valence-corrected chi connectivity index (χ4v) is 5.03. The van der Waals surface area contributed by atoms with Gasteiger partial charge in [0.25, 0.3) is 0 Å². The Hall–Kier alpha value is -1.34. The lowest BCUT2D eigenvalue weighted by Crippen LogP contribution is -2.37. The largest absolute Gasteiger partial charge is 0.475 e. The van der Waals surface area contributed by atoms with Crippen LogP contribution in [0.15, 0.2) is 15.4 Å². The van der Waals surface area contributed by atoms with Crippen LogP contribution >= 0.6 is 0 Å². The maximum absolute atomic E-state index is 12.6. The predicted molar refractivity (Wildman–Crippen MR) is 65.4 cm³/mol. The van der Waals surface area contributed by atoms with E-state index in [4.69, 9.17) is 9.52 Å². The van der Waals surface area contributed by atoms with Crippen LogP contribution in [0.4, 0.5) is 0 Å². The number of rotatable bonds is 3. The molecular formula is C12H15NO5S. The van der Waals surface area contributed by atoms with Crippen LogP contribution in [-0.4, -0.2) is 36.4 Å². The molecule has 1 aliphatic carbocycles. The molecule has 19 heavy (non-hydrogen) atoms. The van der Waals surface area contributed by atoms with E-state index in [-0.39, 0.29) is 22.5 Å². The topological polar surface area (TPSA) is 87.8 Å². The number of sulfonamides is 1. The molecule has 2 unspecified atom stereocenters. The van der Waals surface area contributed by atoms with Crippen LogP contribution in [0.1, 0.15) is 35.6 Å². The molecule has 2 heterocycles. The van der Waals surface area contributed by atoms with Crippen LogP contribution in [-0.2, 0) is 10.0 Å². The molecule has 1 N–H and O–H groups in total. The van der Waals surface area contributed by atoms with Gasteiger partial charge < -0.3 is 9.52 Å². The van der Waals surface area contributed by atoms with Gasteiger partial charge in [-0.2, -0.15) is 4.31 Å². The van der Waals surface area contributed by atoms with E-state index in [1.807, 2.05) is 0 Å². The van der Waals surface area contributed by atoms with Crippen molar-refractivity contribution < 1.29 is 22.7 Å². The molecule has 2 fully saturated rings. The Labute approximate surface area is 111 Å². The Morgan fingerprint density at radius 1 is 1.47 bits per heavy atom. The number of nitrogens with zero attached hydrogens (tertiary/aromatic N) is 1. The van der Waals surface area contributed by atoms with E-state index in [0.717, 1.165) is 25.3 Å². The molecule has 1 saturated carbocycles. The van der Waals surface area contributed by atoms with Crippen LogP contribution in [0, 0.1) is 12.8 Å². The lowest BCUT2D eigenvalue weighted by Gasteiger charge is -2.25. The first-order valence-corrected chi connectivity index (χ1v) is 7.69. The minimum absolute atomic E-state index is 0.0162. The van der Waals surface area contributed by atoms with Gasteiger partial charge in [-0.15, -0.1) is 0 Å². The lowest BCUT2D eigenvalue weighted by atomic mass is 10.1. The number of carboxylic acids is 1. The van der Waals surface area contributed by atoms with E-state index in [1.165, 1.54) is 11.2 Å². The Kier molecular flexibility index (Phi) is 2.72. The van der Waals surface area contributed by atoms with Crippen LogP contribution < -0.4 is 0 Å². The number of aryl methyl sites for hydroxylation is 1. The molecule has 6 nitrogen and oxygen atoms in total. The van der Waals surface area contributed by atoms with Crippen molar-refractivity contribution in [2.45, 2.75) is 37.1 Å². The summed E-state index contributed by atoms with van der Waals surface area (Å²) in [6.07, 6.45) is 2.90. The summed E-state index contributed by atoms with van der Waals surface area (Å²) in [4.78, 5) is 10.8. The lowest BCUT2D eigenvalue weighted by molar-refractivity contribution is 0.0661. The molecule has 2 atom stereocenters. The summed E-state index contributed by atoms with van der Waals surface area (Å²) in [6.45, 7) is 2.02. The number of hydrogen-bond donors (Lipinski definition) is 1. The first-order valence-electron chi connectivity index (χ1n) is 6.25. The number of hydrogen-bond acceptors (Lipinski definition) is 4. The van der Waals surface area contributed by atoms with Gasteiger partial charge in [0.05, 0.1) is 0 Å². The minimum atomic E-state index is -3.64. The predicted octanol–water partition coefficient (Wildman–Crippen LogP) is 1.46. The summed E-state index contributed by atoms with van der Waals surface area (Å²) >= 11 is 0. The average molecular weight is 285 g/mol. The second-order valence-electron chi connectivity index (χ2n) is 5.24. The molecule has 1 saturated heterocycles. The molecule has 0 amide bonds. The minimum Gasteiger partial charge on any atom is -0.475 e. The molecule has 0 aromatic carbocycles. The Bertz CT molecular complexity index is 633. The van der Waals surface area contributed by atoms with Crippen molar-refractivity contribution in [1.82, 2.24) is 4.31 Å². The molecule has 1 aliphatic heterocycles. The van der Waals surface area contributed by atoms with Gasteiger partial charge >= 0.3 is 5.97 Å². The summed E-state index contributed by atoms with van der Waals surface area (Å²) in [5.74, 6) is -1.00. The van der Waals surface area contributed by atoms with E-state index < -0.39 is 16.0 Å². The van der Waals surface area contributed by atoms with Crippen molar-refractivity contribution in [2.24, 2.45) is 5.92 Å². The average Bonchev–Trinajstić information content (AvgIpc) is 3.01. The van der Waals surface area contributed by atoms with Gasteiger partial charge in [0.2, 0.25) is 15.8 Å². The van der Waals surface area contributed by atoms with Gasteiger partial charge in [-0.25, -0.2) is 13.2 Å². The smallest absolute Gasteiger partial charge is 0.371 e. The van der Waals surface area contributed by atoms with E-state index in [0.29, 0.717) is 12.5 Å². The highest BCUT2D eigenvalue weighted by molar-refractivity contribution is 7.89. The molecule has 0 spiro atoms. The second-order valence-corrected chi connectivity index (χ2v) is 7.10. The molecule has 2 bridgehead atoms. The summed E-state index contributed by atoms with van der Waals surface area (Å²) in [6, 6.07) is 1.18. The fourth-order valence-electron chi connectivity index (χ4n) is 3.13. The first-order chi connectivity index (χ1) is 8.89. The molecule has 0 radical (unpaired) electrons. The maximum Gasteiger partial charge on any atom is 0.371 e. The van der Waals surface area contributed by atoms with E-state index in [9.17, 15) is 13.2 Å². The molecule has 1 aromatic rings. The normalized spacial score (nSPS) is 27.0. The molecule has 1 aromatic heterocycles. The van der Waals surface area contributed by atoms with Gasteiger partial charge in [0.15, 0.2) is 0 Å². The summed E-state index contributed by atoms with van der Waals surface area (Å²) in [5.41, 5.74) is 0. The number of furan rings is 1. The highest BCUT2D eigenvalue weighted by Gasteiger charge is 2.45. The third-order valence-electron chi connectivity index (χ3n) is 4.03. The molecule has 7 heteroatoms. The zero-order valence-corrected chi connectivity index (χ0v) is 11.3. The Morgan fingerprint density at radius 3 is 2.68 bits per heavy atom. The zero-order valence-electron chi connectivity index (χ0n) is 10.5. The Morgan fingerprint density at radius 2 is 2.21 bits per heavy atom. The van der Waals surface area contributed by atoms with Crippen LogP contribution in [0.25, 0.3) is 0 Å². The number of fused-ring (bicyclic) bond motifs is 2. The van der Waals surface area contributed by atoms with Crippen LogP contribution in [0.3, 0.4) is 0 Å². The summed E-state index contributed by atoms with van der Waals surface area (Å²) < 4.78 is 31.6. The van der Waals surface area contributed by atoms with Gasteiger partial charge in [0, 0.05) is 18.7 Å². The highest BCUT2D eigenvalue weighted by Crippen LogP contribution is 2.41. The zero-order chi connectivity index (χ0) is 13.8. The number of piperidine rings is 1. The Balaban J connectivity index is 1.99. The van der Waals surface area contributed by atoms with Crippen molar-refractivity contribution in [1.29, 1.82) is 0 Å². The quantitative estimate of drug-likeness (QED) is 0.908. The fraction of sp³-hybridized carbons (Fsp3) is 0.583. The SMILES string of the molecule is Cc1oc(C(=O)O)cc1S(=O)(=O)N1CC2CCC1C2. The second kappa shape index (κ2) is 4.08. The number of aromatic carboxylic acids is 1. The monoisotopic (exact) mass is 285 g/mol. The standard InChI is InChI=1S/C12H15NO5S/c1-7-11(5-10(18-7)12(14)15)19(16,17)13-6-8-2-3-9(13)4-8/h5,8-9H,2-4,6H2,1H3,(H,14,15). The van der Waals surface area contributed by atoms with Crippen molar-refractivity contribution in [2.75, 3.05) is 6.54 Å². The number of carbonyl (C=O) groups is 1. The van der Waals surface area contributed by atoms with Crippen molar-refractivity contribution in [3.63, 3.8) is 0 Å². The first kappa shape index (κ1) is 12.7. The van der Waals surface area contributed by atoms with Crippen molar-refractivity contribution in [3.8, 4) is 0 Å². The summed E-state index contributed by atoms with van der Waals surface area (Å²) in [7, 11) is -3.64. The van der Waals surface area contributed by atoms with Crippen LogP contribution in [0.2, 0.25) is 0 Å². The van der Waals surface area contributed by atoms with Crippen LogP contribution in [0.5, 0.6) is 0 Å². The highest BCUT2D eigenvalue weighted by atomic mass is 32.2. The van der Waals surface area contributed by atoms with E-state index in [2.05, 4.69) is 0 Å². The molecular weight excluding hydrogens is 270 g/mol. The number of carboxylic acid groups (broad SMARTS) is 1. The van der Waals surface area contributed by atoms with Gasteiger partial charge in [-0.1, -0.05) is 0 Å². The van der Waals surface area contributed by atoms with E-state index in [1.54, 1.807) is 0 Å². The van der Waals surface area contributed by atoms with E-state index >= 15 is 0 Å². The van der Waals surface area contributed by atoms with Gasteiger partial charge in [-0.3, -0.25) is 0 Å². The van der Waals surface area contributed by atoms with Gasteiger partial charge in [-0.05, 0) is 32.1 Å². The molecule has 2 aliphatic rings. The van der Waals surface area contributed by atoms with Gasteiger partial charge in [0.1, 0.15) is 10.7 Å². The van der Waals surface area contributed by atoms with Crippen molar-refractivity contribution in [3.05, 3.63) is 17.6 Å². The van der Waals surface area contributed by atoms with Crippen molar-refractivity contribution >= 4 is 16.0 Å². The summed E-state index contributed by atoms with van der Waals surface area (Å²) in [5, 5.41) is 8.86.